The van der Waals surface area contributed by atoms with Crippen LogP contribution in [0.5, 0.6) is 5.75 Å². The first-order chi connectivity index (χ1) is 8.16. The third-order valence-corrected chi connectivity index (χ3v) is 3.51. The Bertz CT molecular complexity index is 417. The summed E-state index contributed by atoms with van der Waals surface area (Å²) in [5, 5.41) is 15.7. The zero-order chi connectivity index (χ0) is 12.3. The molecule has 1 aromatic carbocycles. The number of phenolic OH excluding ortho intramolecular Hbond substituents is 1. The topological polar surface area (TPSA) is 61.4 Å². The predicted molar refractivity (Wildman–Crippen MR) is 69.2 cm³/mol. The van der Waals surface area contributed by atoms with E-state index in [4.69, 9.17) is 0 Å². The molecule has 17 heavy (non-hydrogen) atoms. The molecule has 0 aliphatic carbocycles. The lowest BCUT2D eigenvalue weighted by atomic mass is 10.1. The molecule has 1 saturated heterocycles. The van der Waals surface area contributed by atoms with Gasteiger partial charge in [-0.25, -0.2) is 0 Å². The van der Waals surface area contributed by atoms with Crippen molar-refractivity contribution >= 4 is 21.8 Å². The van der Waals surface area contributed by atoms with Crippen molar-refractivity contribution < 1.29 is 9.90 Å². The van der Waals surface area contributed by atoms with Crippen molar-refractivity contribution in [1.82, 2.24) is 10.6 Å². The molecule has 0 radical (unpaired) electrons. The number of halogens is 1. The van der Waals surface area contributed by atoms with Gasteiger partial charge in [-0.2, -0.15) is 0 Å². The highest BCUT2D eigenvalue weighted by molar-refractivity contribution is 9.10. The molecule has 0 spiro atoms. The average Bonchev–Trinajstić information content (AvgIpc) is 2.34. The maximum Gasteiger partial charge on any atom is 0.251 e. The normalized spacial score (nSPS) is 19.9. The van der Waals surface area contributed by atoms with Crippen LogP contribution >= 0.6 is 15.9 Å². The molecule has 92 valence electrons. The van der Waals surface area contributed by atoms with Crippen LogP contribution in [0, 0.1) is 0 Å². The fourth-order valence-electron chi connectivity index (χ4n) is 1.90. The van der Waals surface area contributed by atoms with E-state index < -0.39 is 0 Å². The van der Waals surface area contributed by atoms with Gasteiger partial charge in [-0.05, 0) is 53.5 Å². The number of piperidine rings is 1. The number of hydrogen-bond acceptors (Lipinski definition) is 3. The van der Waals surface area contributed by atoms with E-state index in [1.807, 2.05) is 0 Å². The van der Waals surface area contributed by atoms with Gasteiger partial charge in [0.25, 0.3) is 5.91 Å². The van der Waals surface area contributed by atoms with Crippen LogP contribution in [0.2, 0.25) is 0 Å². The van der Waals surface area contributed by atoms with Gasteiger partial charge < -0.3 is 15.7 Å². The molecule has 0 saturated carbocycles. The first-order valence-electron chi connectivity index (χ1n) is 5.67. The second-order valence-electron chi connectivity index (χ2n) is 4.18. The summed E-state index contributed by atoms with van der Waals surface area (Å²) in [6.45, 7) is 1.83. The van der Waals surface area contributed by atoms with Crippen LogP contribution in [-0.2, 0) is 0 Å². The van der Waals surface area contributed by atoms with Gasteiger partial charge in [0.2, 0.25) is 0 Å². The van der Waals surface area contributed by atoms with E-state index in [1.54, 1.807) is 12.1 Å². The molecule has 1 aliphatic rings. The van der Waals surface area contributed by atoms with Crippen LogP contribution in [-0.4, -0.2) is 30.1 Å². The van der Waals surface area contributed by atoms with Gasteiger partial charge in [0.1, 0.15) is 5.75 Å². The third-order valence-electron chi connectivity index (χ3n) is 2.84. The lowest BCUT2D eigenvalue weighted by Gasteiger charge is -2.23. The number of aromatic hydroxyl groups is 1. The molecule has 4 nitrogen and oxygen atoms in total. The van der Waals surface area contributed by atoms with E-state index in [2.05, 4.69) is 26.6 Å². The summed E-state index contributed by atoms with van der Waals surface area (Å²) in [5.74, 6) is -0.0547. The molecular formula is C12H15BrN2O2. The van der Waals surface area contributed by atoms with Crippen LogP contribution in [0.3, 0.4) is 0 Å². The van der Waals surface area contributed by atoms with Crippen LogP contribution in [0.4, 0.5) is 0 Å². The second-order valence-corrected chi connectivity index (χ2v) is 5.04. The molecule has 1 atom stereocenters. The van der Waals surface area contributed by atoms with E-state index in [-0.39, 0.29) is 17.7 Å². The van der Waals surface area contributed by atoms with Crippen LogP contribution in [0.1, 0.15) is 23.2 Å². The summed E-state index contributed by atoms with van der Waals surface area (Å²) in [5.41, 5.74) is 0.483. The molecule has 1 aliphatic heterocycles. The number of amides is 1. The number of phenols is 1. The minimum absolute atomic E-state index is 0.0828. The smallest absolute Gasteiger partial charge is 0.251 e. The van der Waals surface area contributed by atoms with Crippen molar-refractivity contribution in [2.75, 3.05) is 13.1 Å². The van der Waals surface area contributed by atoms with E-state index in [1.165, 1.54) is 6.07 Å². The van der Waals surface area contributed by atoms with Gasteiger partial charge in [0.05, 0.1) is 4.47 Å². The minimum Gasteiger partial charge on any atom is -0.507 e. The molecule has 1 aromatic rings. The van der Waals surface area contributed by atoms with Crippen LogP contribution < -0.4 is 10.6 Å². The van der Waals surface area contributed by atoms with Crippen LogP contribution in [0.25, 0.3) is 0 Å². The quantitative estimate of drug-likeness (QED) is 0.778. The Labute approximate surface area is 109 Å². The standard InChI is InChI=1S/C12H15BrN2O2/c13-10-4-3-8(6-11(10)16)12(17)15-9-2-1-5-14-7-9/h3-4,6,9,14,16H,1-2,5,7H2,(H,15,17). The predicted octanol–water partition coefficient (Wildman–Crippen LogP) is 1.64. The highest BCUT2D eigenvalue weighted by Gasteiger charge is 2.16. The lowest BCUT2D eigenvalue weighted by Crippen LogP contribution is -2.45. The minimum atomic E-state index is -0.137. The first kappa shape index (κ1) is 12.4. The zero-order valence-electron chi connectivity index (χ0n) is 9.37. The Balaban J connectivity index is 2.01. The summed E-state index contributed by atoms with van der Waals surface area (Å²) >= 11 is 3.19. The van der Waals surface area contributed by atoms with Crippen molar-refractivity contribution in [2.24, 2.45) is 0 Å². The molecule has 3 N–H and O–H groups in total. The maximum atomic E-state index is 11.9. The monoisotopic (exact) mass is 298 g/mol. The van der Waals surface area contributed by atoms with E-state index in [0.29, 0.717) is 10.0 Å². The van der Waals surface area contributed by atoms with E-state index in [9.17, 15) is 9.90 Å². The molecule has 0 aromatic heterocycles. The van der Waals surface area contributed by atoms with Crippen molar-refractivity contribution in [3.63, 3.8) is 0 Å². The maximum absolute atomic E-state index is 11.9. The van der Waals surface area contributed by atoms with Gasteiger partial charge in [0.15, 0.2) is 0 Å². The molecular weight excluding hydrogens is 284 g/mol. The molecule has 1 fully saturated rings. The fraction of sp³-hybridized carbons (Fsp3) is 0.417. The molecule has 1 amide bonds. The van der Waals surface area contributed by atoms with Gasteiger partial charge in [-0.15, -0.1) is 0 Å². The van der Waals surface area contributed by atoms with Gasteiger partial charge in [0, 0.05) is 18.2 Å². The lowest BCUT2D eigenvalue weighted by molar-refractivity contribution is 0.0930. The van der Waals surface area contributed by atoms with Crippen molar-refractivity contribution in [3.05, 3.63) is 28.2 Å². The third kappa shape index (κ3) is 3.20. The Morgan fingerprint density at radius 2 is 2.35 bits per heavy atom. The summed E-state index contributed by atoms with van der Waals surface area (Å²) in [7, 11) is 0. The molecule has 1 unspecified atom stereocenters. The number of carbonyl (C=O) groups is 1. The summed E-state index contributed by atoms with van der Waals surface area (Å²) in [6, 6.07) is 5.01. The van der Waals surface area contributed by atoms with E-state index in [0.717, 1.165) is 25.9 Å². The molecule has 0 bridgehead atoms. The Kier molecular flexibility index (Phi) is 4.02. The van der Waals surface area contributed by atoms with Crippen LogP contribution in [0.15, 0.2) is 22.7 Å². The molecule has 2 rings (SSSR count). The molecule has 1 heterocycles. The largest absolute Gasteiger partial charge is 0.507 e. The second kappa shape index (κ2) is 5.51. The van der Waals surface area contributed by atoms with Gasteiger partial charge in [-0.1, -0.05) is 0 Å². The van der Waals surface area contributed by atoms with Crippen molar-refractivity contribution in [2.45, 2.75) is 18.9 Å². The number of hydrogen-bond donors (Lipinski definition) is 3. The Morgan fingerprint density at radius 1 is 1.53 bits per heavy atom. The summed E-state index contributed by atoms with van der Waals surface area (Å²) in [6.07, 6.45) is 2.08. The summed E-state index contributed by atoms with van der Waals surface area (Å²) in [4.78, 5) is 11.9. The zero-order valence-corrected chi connectivity index (χ0v) is 11.0. The number of benzene rings is 1. The Hall–Kier alpha value is -1.07. The van der Waals surface area contributed by atoms with Crippen molar-refractivity contribution in [1.29, 1.82) is 0 Å². The Morgan fingerprint density at radius 3 is 3.00 bits per heavy atom. The highest BCUT2D eigenvalue weighted by atomic mass is 79.9. The number of rotatable bonds is 2. The van der Waals surface area contributed by atoms with E-state index >= 15 is 0 Å². The summed E-state index contributed by atoms with van der Waals surface area (Å²) < 4.78 is 0.591. The average molecular weight is 299 g/mol. The molecule has 5 heteroatoms. The first-order valence-corrected chi connectivity index (χ1v) is 6.46. The van der Waals surface area contributed by atoms with Gasteiger partial charge in [-0.3, -0.25) is 4.79 Å². The number of nitrogens with one attached hydrogen (secondary N) is 2. The highest BCUT2D eigenvalue weighted by Crippen LogP contribution is 2.24. The van der Waals surface area contributed by atoms with Gasteiger partial charge >= 0.3 is 0 Å². The number of carbonyl (C=O) groups excluding carboxylic acids is 1. The SMILES string of the molecule is O=C(NC1CCCNC1)c1ccc(Br)c(O)c1. The fourth-order valence-corrected chi connectivity index (χ4v) is 2.14. The van der Waals surface area contributed by atoms with Crippen molar-refractivity contribution in [3.8, 4) is 5.75 Å².